The molecule has 0 aromatic rings. The molecule has 0 unspecified atom stereocenters. The summed E-state index contributed by atoms with van der Waals surface area (Å²) < 4.78 is 6.46. The maximum atomic E-state index is 5.31. The molecule has 0 spiro atoms. The first-order valence-electron chi connectivity index (χ1n) is 2.91. The fourth-order valence-electron chi connectivity index (χ4n) is 0.789. The van der Waals surface area contributed by atoms with E-state index in [1.54, 1.807) is 0 Å². The minimum atomic E-state index is 0.863. The molecule has 1 aliphatic rings. The molecule has 1 fully saturated rings. The lowest BCUT2D eigenvalue weighted by Gasteiger charge is -1.98. The molecular weight excluding hydrogens is 248 g/mol. The van der Waals surface area contributed by atoms with Crippen LogP contribution in [0.15, 0.2) is 10.2 Å². The molecule has 0 radical (unpaired) electrons. The van der Waals surface area contributed by atoms with Crippen LogP contribution in [0.25, 0.3) is 0 Å². The van der Waals surface area contributed by atoms with Gasteiger partial charge in [-0.3, -0.25) is 0 Å². The van der Waals surface area contributed by atoms with E-state index in [1.165, 1.54) is 0 Å². The second-order valence-corrected chi connectivity index (χ2v) is 3.43. The van der Waals surface area contributed by atoms with Crippen molar-refractivity contribution in [2.45, 2.75) is 12.8 Å². The van der Waals surface area contributed by atoms with Crippen LogP contribution >= 0.6 is 31.9 Å². The van der Waals surface area contributed by atoms with Gasteiger partial charge < -0.3 is 4.74 Å². The predicted octanol–water partition coefficient (Wildman–Crippen LogP) is 2.80. The summed E-state index contributed by atoms with van der Waals surface area (Å²) in [6, 6.07) is 0. The Bertz CT molecular complexity index is 123. The van der Waals surface area contributed by atoms with Crippen LogP contribution in [0, 0.1) is 0 Å². The standard InChI is InChI=1S/C6H8Br2O/c7-4-5(8)6-2-1-3-9-6/h1-4H2. The molecule has 0 aromatic heterocycles. The monoisotopic (exact) mass is 254 g/mol. The maximum Gasteiger partial charge on any atom is 0.107 e. The SMILES string of the molecule is BrCC(Br)=C1CCCO1. The zero-order valence-electron chi connectivity index (χ0n) is 4.99. The van der Waals surface area contributed by atoms with Crippen LogP contribution in [0.5, 0.6) is 0 Å². The van der Waals surface area contributed by atoms with Gasteiger partial charge >= 0.3 is 0 Å². The number of halogens is 2. The second kappa shape index (κ2) is 3.62. The van der Waals surface area contributed by atoms with Gasteiger partial charge in [-0.25, -0.2) is 0 Å². The van der Waals surface area contributed by atoms with Crippen LogP contribution in [0.2, 0.25) is 0 Å². The third-order valence-electron chi connectivity index (χ3n) is 1.24. The summed E-state index contributed by atoms with van der Waals surface area (Å²) in [7, 11) is 0. The summed E-state index contributed by atoms with van der Waals surface area (Å²) >= 11 is 6.75. The van der Waals surface area contributed by atoms with Crippen molar-refractivity contribution >= 4 is 31.9 Å². The van der Waals surface area contributed by atoms with Crippen molar-refractivity contribution in [1.82, 2.24) is 0 Å². The number of allylic oxidation sites excluding steroid dienone is 2. The van der Waals surface area contributed by atoms with Crippen LogP contribution in [0.3, 0.4) is 0 Å². The molecule has 3 heteroatoms. The lowest BCUT2D eigenvalue weighted by Crippen LogP contribution is -1.83. The van der Waals surface area contributed by atoms with Crippen molar-refractivity contribution in [2.24, 2.45) is 0 Å². The van der Waals surface area contributed by atoms with Crippen molar-refractivity contribution < 1.29 is 4.74 Å². The molecule has 1 aliphatic heterocycles. The first kappa shape index (κ1) is 7.61. The summed E-state index contributed by atoms with van der Waals surface area (Å²) in [5.41, 5.74) is 0. The van der Waals surface area contributed by atoms with Gasteiger partial charge in [-0.05, 0) is 6.42 Å². The van der Waals surface area contributed by atoms with Gasteiger partial charge in [0.2, 0.25) is 0 Å². The molecule has 9 heavy (non-hydrogen) atoms. The van der Waals surface area contributed by atoms with Gasteiger partial charge in [0, 0.05) is 16.2 Å². The Balaban J connectivity index is 2.55. The maximum absolute atomic E-state index is 5.31. The number of hydrogen-bond acceptors (Lipinski definition) is 1. The van der Waals surface area contributed by atoms with Gasteiger partial charge in [-0.2, -0.15) is 0 Å². The van der Waals surface area contributed by atoms with Crippen molar-refractivity contribution in [3.63, 3.8) is 0 Å². The third-order valence-corrected chi connectivity index (χ3v) is 3.28. The highest BCUT2D eigenvalue weighted by Gasteiger charge is 2.10. The average molecular weight is 256 g/mol. The van der Waals surface area contributed by atoms with E-state index in [0.29, 0.717) is 0 Å². The molecule has 1 heterocycles. The molecule has 1 rings (SSSR count). The molecule has 0 atom stereocenters. The smallest absolute Gasteiger partial charge is 0.107 e. The quantitative estimate of drug-likeness (QED) is 0.655. The molecule has 1 saturated heterocycles. The normalized spacial score (nSPS) is 23.8. The summed E-state index contributed by atoms with van der Waals surface area (Å²) in [6.45, 7) is 0.886. The fourth-order valence-corrected chi connectivity index (χ4v) is 1.41. The molecule has 0 bridgehead atoms. The predicted molar refractivity (Wildman–Crippen MR) is 44.9 cm³/mol. The Morgan fingerprint density at radius 1 is 1.67 bits per heavy atom. The van der Waals surface area contributed by atoms with Crippen LogP contribution in [0.1, 0.15) is 12.8 Å². The topological polar surface area (TPSA) is 9.23 Å². The molecule has 0 aromatic carbocycles. The highest BCUT2D eigenvalue weighted by molar-refractivity contribution is 9.13. The van der Waals surface area contributed by atoms with E-state index in [9.17, 15) is 0 Å². The molecule has 52 valence electrons. The molecule has 0 saturated carbocycles. The van der Waals surface area contributed by atoms with Crippen LogP contribution in [-0.4, -0.2) is 11.9 Å². The molecular formula is C6H8Br2O. The minimum absolute atomic E-state index is 0.863. The van der Waals surface area contributed by atoms with E-state index in [0.717, 1.165) is 35.0 Å². The molecule has 1 nitrogen and oxygen atoms in total. The summed E-state index contributed by atoms with van der Waals surface area (Å²) in [6.07, 6.45) is 2.25. The van der Waals surface area contributed by atoms with E-state index in [-0.39, 0.29) is 0 Å². The zero-order valence-corrected chi connectivity index (χ0v) is 8.16. The third kappa shape index (κ3) is 1.97. The van der Waals surface area contributed by atoms with E-state index in [2.05, 4.69) is 31.9 Å². The lowest BCUT2D eigenvalue weighted by atomic mass is 10.3. The van der Waals surface area contributed by atoms with Crippen molar-refractivity contribution in [2.75, 3.05) is 11.9 Å². The average Bonchev–Trinajstić information content (AvgIpc) is 2.37. The molecule has 0 N–H and O–H groups in total. The molecule has 0 aliphatic carbocycles. The Kier molecular flexibility index (Phi) is 3.06. The number of ether oxygens (including phenoxy) is 1. The Hall–Kier alpha value is 0.500. The van der Waals surface area contributed by atoms with E-state index < -0.39 is 0 Å². The van der Waals surface area contributed by atoms with Gasteiger partial charge in [0.05, 0.1) is 6.61 Å². The summed E-state index contributed by atoms with van der Waals surface area (Å²) in [4.78, 5) is 0. The lowest BCUT2D eigenvalue weighted by molar-refractivity contribution is 0.262. The zero-order chi connectivity index (χ0) is 6.69. The van der Waals surface area contributed by atoms with Gasteiger partial charge in [-0.1, -0.05) is 31.9 Å². The number of alkyl halides is 1. The highest BCUT2D eigenvalue weighted by atomic mass is 79.9. The van der Waals surface area contributed by atoms with Gasteiger partial charge in [0.15, 0.2) is 0 Å². The minimum Gasteiger partial charge on any atom is -0.497 e. The van der Waals surface area contributed by atoms with Gasteiger partial charge in [0.25, 0.3) is 0 Å². The highest BCUT2D eigenvalue weighted by Crippen LogP contribution is 2.24. The van der Waals surface area contributed by atoms with Gasteiger partial charge in [-0.15, -0.1) is 0 Å². The van der Waals surface area contributed by atoms with Crippen molar-refractivity contribution in [3.05, 3.63) is 10.2 Å². The first-order valence-corrected chi connectivity index (χ1v) is 4.82. The van der Waals surface area contributed by atoms with Crippen molar-refractivity contribution in [1.29, 1.82) is 0 Å². The van der Waals surface area contributed by atoms with E-state index >= 15 is 0 Å². The van der Waals surface area contributed by atoms with Crippen LogP contribution < -0.4 is 0 Å². The van der Waals surface area contributed by atoms with Crippen molar-refractivity contribution in [3.8, 4) is 0 Å². The second-order valence-electron chi connectivity index (χ2n) is 1.91. The summed E-state index contributed by atoms with van der Waals surface area (Å²) in [5, 5.41) is 0.863. The van der Waals surface area contributed by atoms with Gasteiger partial charge in [0.1, 0.15) is 5.76 Å². The molecule has 0 amide bonds. The number of hydrogen-bond donors (Lipinski definition) is 0. The Morgan fingerprint density at radius 3 is 2.89 bits per heavy atom. The fraction of sp³-hybridized carbons (Fsp3) is 0.667. The number of rotatable bonds is 1. The first-order chi connectivity index (χ1) is 4.34. The van der Waals surface area contributed by atoms with Crippen LogP contribution in [-0.2, 0) is 4.74 Å². The van der Waals surface area contributed by atoms with E-state index in [1.807, 2.05) is 0 Å². The largest absolute Gasteiger partial charge is 0.497 e. The van der Waals surface area contributed by atoms with Crippen LogP contribution in [0.4, 0.5) is 0 Å². The Labute approximate surface area is 71.7 Å². The summed E-state index contributed by atoms with van der Waals surface area (Å²) in [5.74, 6) is 1.12. The van der Waals surface area contributed by atoms with E-state index in [4.69, 9.17) is 4.74 Å². The Morgan fingerprint density at radius 2 is 2.44 bits per heavy atom.